The van der Waals surface area contributed by atoms with Crippen LogP contribution in [0.15, 0.2) is 18.2 Å². The Bertz CT molecular complexity index is 905. The van der Waals surface area contributed by atoms with E-state index in [1.165, 1.54) is 0 Å². The molecule has 10 heteroatoms. The van der Waals surface area contributed by atoms with Gasteiger partial charge in [0.25, 0.3) is 0 Å². The van der Waals surface area contributed by atoms with Crippen LogP contribution in [0.2, 0.25) is 0 Å². The molecule has 1 fully saturated rings. The Hall–Kier alpha value is -2.85. The topological polar surface area (TPSA) is 115 Å². The number of morpholine rings is 1. The Morgan fingerprint density at radius 1 is 0.900 bits per heavy atom. The third-order valence-corrected chi connectivity index (χ3v) is 6.54. The second kappa shape index (κ2) is 19.3. The molecule has 1 heterocycles. The van der Waals surface area contributed by atoms with Gasteiger partial charge in [-0.2, -0.15) is 0 Å². The Balaban J connectivity index is 2.10. The summed E-state index contributed by atoms with van der Waals surface area (Å²) in [5.74, 6) is 0.0717. The molecule has 0 aliphatic carbocycles. The predicted octanol–water partition coefficient (Wildman–Crippen LogP) is 3.25. The van der Waals surface area contributed by atoms with E-state index in [2.05, 4.69) is 24.5 Å². The monoisotopic (exact) mass is 563 g/mol. The molecule has 0 spiro atoms. The third-order valence-electron chi connectivity index (χ3n) is 6.54. The minimum Gasteiger partial charge on any atom is -0.490 e. The van der Waals surface area contributed by atoms with Crippen molar-refractivity contribution in [2.24, 2.45) is 0 Å². The van der Waals surface area contributed by atoms with Crippen LogP contribution in [0, 0.1) is 0 Å². The van der Waals surface area contributed by atoms with Crippen LogP contribution < -0.4 is 20.1 Å². The number of rotatable bonds is 19. The molecule has 0 bridgehead atoms. The van der Waals surface area contributed by atoms with Gasteiger partial charge in [-0.3, -0.25) is 14.5 Å². The van der Waals surface area contributed by atoms with Gasteiger partial charge in [0.2, 0.25) is 11.8 Å². The average molecular weight is 564 g/mol. The largest absolute Gasteiger partial charge is 0.490 e. The molecule has 1 aliphatic heterocycles. The number of benzene rings is 1. The van der Waals surface area contributed by atoms with Crippen LogP contribution in [-0.4, -0.2) is 87.4 Å². The van der Waals surface area contributed by atoms with Crippen LogP contribution in [0.4, 0.5) is 0 Å². The van der Waals surface area contributed by atoms with Crippen LogP contribution in [-0.2, 0) is 30.3 Å². The lowest BCUT2D eigenvalue weighted by atomic mass is 10.0. The van der Waals surface area contributed by atoms with Gasteiger partial charge in [-0.25, -0.2) is 4.79 Å². The fraction of sp³-hybridized carbons (Fsp3) is 0.700. The van der Waals surface area contributed by atoms with Gasteiger partial charge in [0.1, 0.15) is 12.1 Å². The molecule has 1 aromatic rings. The summed E-state index contributed by atoms with van der Waals surface area (Å²) < 4.78 is 22.7. The first-order chi connectivity index (χ1) is 19.4. The summed E-state index contributed by atoms with van der Waals surface area (Å²) in [6, 6.07) is 3.85. The normalized spacial score (nSPS) is 15.1. The Labute approximate surface area is 239 Å². The van der Waals surface area contributed by atoms with Crippen molar-refractivity contribution < 1.29 is 33.3 Å². The second-order valence-corrected chi connectivity index (χ2v) is 10.1. The molecule has 0 aromatic heterocycles. The van der Waals surface area contributed by atoms with Crippen LogP contribution in [0.5, 0.6) is 11.5 Å². The van der Waals surface area contributed by atoms with Gasteiger partial charge in [0, 0.05) is 19.5 Å². The summed E-state index contributed by atoms with van der Waals surface area (Å²) in [7, 11) is 0. The number of hydrogen-bond donors (Lipinski definition) is 2. The van der Waals surface area contributed by atoms with Gasteiger partial charge in [0.05, 0.1) is 39.6 Å². The number of hydrogen-bond acceptors (Lipinski definition) is 8. The van der Waals surface area contributed by atoms with E-state index in [9.17, 15) is 14.4 Å². The van der Waals surface area contributed by atoms with Crippen molar-refractivity contribution in [1.29, 1.82) is 0 Å². The van der Waals surface area contributed by atoms with Gasteiger partial charge < -0.3 is 29.6 Å². The molecular weight excluding hydrogens is 514 g/mol. The van der Waals surface area contributed by atoms with Crippen molar-refractivity contribution in [1.82, 2.24) is 15.5 Å². The van der Waals surface area contributed by atoms with E-state index in [0.29, 0.717) is 51.0 Å². The van der Waals surface area contributed by atoms with Crippen LogP contribution in [0.3, 0.4) is 0 Å². The van der Waals surface area contributed by atoms with Gasteiger partial charge in [0.15, 0.2) is 11.5 Å². The van der Waals surface area contributed by atoms with Crippen molar-refractivity contribution in [3.63, 3.8) is 0 Å². The second-order valence-electron chi connectivity index (χ2n) is 10.1. The van der Waals surface area contributed by atoms with Crippen molar-refractivity contribution in [3.8, 4) is 11.5 Å². The minimum atomic E-state index is -0.918. The maximum absolute atomic E-state index is 13.0. The summed E-state index contributed by atoms with van der Waals surface area (Å²) in [6.07, 6.45) is 5.71. The zero-order chi connectivity index (χ0) is 29.2. The number of esters is 1. The number of carbonyl (C=O) groups is 3. The average Bonchev–Trinajstić information content (AvgIpc) is 2.94. The number of ether oxygens (including phenoxy) is 4. The lowest BCUT2D eigenvalue weighted by Crippen LogP contribution is -2.53. The van der Waals surface area contributed by atoms with E-state index in [1.54, 1.807) is 6.92 Å². The molecule has 10 nitrogen and oxygen atoms in total. The summed E-state index contributed by atoms with van der Waals surface area (Å²) >= 11 is 0. The molecule has 1 aliphatic rings. The van der Waals surface area contributed by atoms with Crippen LogP contribution in [0.25, 0.3) is 0 Å². The maximum atomic E-state index is 13.0. The molecule has 226 valence electrons. The first-order valence-electron chi connectivity index (χ1n) is 14.8. The molecule has 2 N–H and O–H groups in total. The molecule has 2 atom stereocenters. The van der Waals surface area contributed by atoms with Crippen molar-refractivity contribution >= 4 is 17.8 Å². The Morgan fingerprint density at radius 3 is 2.17 bits per heavy atom. The molecule has 1 saturated heterocycles. The molecule has 0 unspecified atom stereocenters. The third kappa shape index (κ3) is 12.6. The summed E-state index contributed by atoms with van der Waals surface area (Å²) in [5, 5.41) is 5.53. The van der Waals surface area contributed by atoms with Crippen molar-refractivity contribution in [3.05, 3.63) is 23.8 Å². The minimum absolute atomic E-state index is 0.191. The van der Waals surface area contributed by atoms with Gasteiger partial charge in [-0.15, -0.1) is 0 Å². The number of nitrogens with zero attached hydrogens (tertiary/aromatic N) is 1. The first kappa shape index (κ1) is 33.4. The highest BCUT2D eigenvalue weighted by molar-refractivity contribution is 5.91. The molecular formula is C30H49N3O7. The van der Waals surface area contributed by atoms with Crippen LogP contribution in [0.1, 0.15) is 71.8 Å². The number of carbonyl (C=O) groups excluding carboxylic acids is 3. The molecule has 0 saturated carbocycles. The van der Waals surface area contributed by atoms with E-state index < -0.39 is 24.0 Å². The van der Waals surface area contributed by atoms with E-state index in [-0.39, 0.29) is 25.5 Å². The van der Waals surface area contributed by atoms with Gasteiger partial charge in [-0.1, -0.05) is 46.1 Å². The van der Waals surface area contributed by atoms with E-state index in [0.717, 1.165) is 44.1 Å². The lowest BCUT2D eigenvalue weighted by molar-refractivity contribution is -0.148. The number of unbranched alkanes of at least 4 members (excludes halogenated alkanes) is 3. The summed E-state index contributed by atoms with van der Waals surface area (Å²) in [4.78, 5) is 40.5. The fourth-order valence-corrected chi connectivity index (χ4v) is 4.02. The Kier molecular flexibility index (Phi) is 16.1. The molecule has 2 rings (SSSR count). The zero-order valence-corrected chi connectivity index (χ0v) is 24.8. The predicted molar refractivity (Wildman–Crippen MR) is 154 cm³/mol. The highest BCUT2D eigenvalue weighted by Crippen LogP contribution is 2.29. The van der Waals surface area contributed by atoms with Gasteiger partial charge in [-0.05, 0) is 43.9 Å². The Morgan fingerprint density at radius 2 is 1.52 bits per heavy atom. The van der Waals surface area contributed by atoms with E-state index >= 15 is 0 Å². The van der Waals surface area contributed by atoms with E-state index in [1.807, 2.05) is 30.0 Å². The smallest absolute Gasteiger partial charge is 0.328 e. The van der Waals surface area contributed by atoms with Gasteiger partial charge >= 0.3 is 5.97 Å². The lowest BCUT2D eigenvalue weighted by Gasteiger charge is -2.26. The standard InChI is InChI=1S/C30H49N3O7/c1-5-8-15-38-26-12-11-24(21-27(26)39-16-9-6-2)20-25(30(36)40-17-10-7-3)32-29(35)23(4)31-28(34)22-33-13-18-37-19-14-33/h11-12,21,23,25H,5-10,13-20,22H2,1-4H3,(H,31,34)(H,32,35)/t23-,25-/m0/s1. The number of nitrogens with one attached hydrogen (secondary N) is 2. The summed E-state index contributed by atoms with van der Waals surface area (Å²) in [6.45, 7) is 12.0. The maximum Gasteiger partial charge on any atom is 0.328 e. The van der Waals surface area contributed by atoms with Crippen molar-refractivity contribution in [2.75, 3.05) is 52.7 Å². The highest BCUT2D eigenvalue weighted by Gasteiger charge is 2.27. The number of amides is 2. The zero-order valence-electron chi connectivity index (χ0n) is 24.8. The summed E-state index contributed by atoms with van der Waals surface area (Å²) in [5.41, 5.74) is 0.802. The first-order valence-corrected chi connectivity index (χ1v) is 14.8. The quantitative estimate of drug-likeness (QED) is 0.195. The van der Waals surface area contributed by atoms with Crippen molar-refractivity contribution in [2.45, 2.75) is 84.7 Å². The fourth-order valence-electron chi connectivity index (χ4n) is 4.02. The molecule has 1 aromatic carbocycles. The highest BCUT2D eigenvalue weighted by atomic mass is 16.5. The SMILES string of the molecule is CCCCOC(=O)[C@H](Cc1ccc(OCCCC)c(OCCCC)c1)NC(=O)[C@H](C)NC(=O)CN1CCOCC1. The molecule has 40 heavy (non-hydrogen) atoms. The molecule has 2 amide bonds. The van der Waals surface area contributed by atoms with Crippen LogP contribution >= 0.6 is 0 Å². The van der Waals surface area contributed by atoms with E-state index in [4.69, 9.17) is 18.9 Å². The molecule has 0 radical (unpaired) electrons.